The van der Waals surface area contributed by atoms with Crippen molar-refractivity contribution in [3.05, 3.63) is 60.2 Å². The average Bonchev–Trinajstić information content (AvgIpc) is 3.19. The van der Waals surface area contributed by atoms with Crippen LogP contribution in [0.1, 0.15) is 24.4 Å². The molecule has 108 valence electrons. The molecule has 0 bridgehead atoms. The van der Waals surface area contributed by atoms with E-state index in [9.17, 15) is 0 Å². The molecule has 0 aliphatic heterocycles. The Morgan fingerprint density at radius 1 is 1.24 bits per heavy atom. The van der Waals surface area contributed by atoms with Gasteiger partial charge in [-0.1, -0.05) is 28.6 Å². The van der Waals surface area contributed by atoms with Gasteiger partial charge in [0, 0.05) is 12.6 Å². The number of nitrogens with zero attached hydrogens (tertiary/aromatic N) is 5. The molecule has 0 saturated heterocycles. The Morgan fingerprint density at radius 2 is 2.05 bits per heavy atom. The van der Waals surface area contributed by atoms with E-state index in [0.29, 0.717) is 6.54 Å². The van der Waals surface area contributed by atoms with Gasteiger partial charge in [-0.3, -0.25) is 4.90 Å². The van der Waals surface area contributed by atoms with Crippen LogP contribution in [0.4, 0.5) is 0 Å². The molecule has 2 heterocycles. The van der Waals surface area contributed by atoms with Gasteiger partial charge in [-0.2, -0.15) is 0 Å². The molecule has 6 nitrogen and oxygen atoms in total. The zero-order chi connectivity index (χ0) is 14.7. The van der Waals surface area contributed by atoms with Crippen LogP contribution in [-0.4, -0.2) is 32.1 Å². The summed E-state index contributed by atoms with van der Waals surface area (Å²) in [4.78, 5) is 2.15. The molecule has 3 aromatic rings. The number of para-hydroxylation sites is 1. The lowest BCUT2D eigenvalue weighted by atomic mass is 10.2. The van der Waals surface area contributed by atoms with Crippen LogP contribution in [0.15, 0.2) is 53.4 Å². The van der Waals surface area contributed by atoms with Crippen LogP contribution in [0.3, 0.4) is 0 Å². The summed E-state index contributed by atoms with van der Waals surface area (Å²) in [6, 6.07) is 12.0. The molecule has 1 atom stereocenters. The topological polar surface area (TPSA) is 60.0 Å². The summed E-state index contributed by atoms with van der Waals surface area (Å²) in [7, 11) is 2.03. The predicted octanol–water partition coefficient (Wildman–Crippen LogP) is 2.45. The van der Waals surface area contributed by atoms with E-state index in [1.54, 1.807) is 10.9 Å². The van der Waals surface area contributed by atoms with Gasteiger partial charge in [0.25, 0.3) is 0 Å². The molecule has 6 heteroatoms. The average molecular weight is 283 g/mol. The zero-order valence-electron chi connectivity index (χ0n) is 12.0. The molecule has 0 N–H and O–H groups in total. The maximum Gasteiger partial charge on any atom is 0.124 e. The fraction of sp³-hybridized carbons (Fsp3) is 0.267. The van der Waals surface area contributed by atoms with Crippen LogP contribution in [0, 0.1) is 0 Å². The van der Waals surface area contributed by atoms with Crippen molar-refractivity contribution in [1.29, 1.82) is 0 Å². The highest BCUT2D eigenvalue weighted by atomic mass is 16.5. The van der Waals surface area contributed by atoms with Gasteiger partial charge in [-0.25, -0.2) is 4.68 Å². The highest BCUT2D eigenvalue weighted by Crippen LogP contribution is 2.18. The Labute approximate surface area is 123 Å². The van der Waals surface area contributed by atoms with Gasteiger partial charge in [-0.15, -0.1) is 5.10 Å². The molecule has 3 rings (SSSR count). The molecule has 0 unspecified atom stereocenters. The number of hydrogen-bond acceptors (Lipinski definition) is 5. The van der Waals surface area contributed by atoms with E-state index in [-0.39, 0.29) is 6.04 Å². The highest BCUT2D eigenvalue weighted by molar-refractivity contribution is 5.29. The molecule has 0 aliphatic carbocycles. The quantitative estimate of drug-likeness (QED) is 0.720. The molecule has 0 aliphatic rings. The van der Waals surface area contributed by atoms with Crippen molar-refractivity contribution in [2.75, 3.05) is 7.05 Å². The van der Waals surface area contributed by atoms with Crippen molar-refractivity contribution in [2.45, 2.75) is 19.5 Å². The van der Waals surface area contributed by atoms with E-state index in [1.165, 1.54) is 0 Å². The van der Waals surface area contributed by atoms with Crippen LogP contribution >= 0.6 is 0 Å². The van der Waals surface area contributed by atoms with Gasteiger partial charge in [0.2, 0.25) is 0 Å². The van der Waals surface area contributed by atoms with Gasteiger partial charge >= 0.3 is 0 Å². The maximum atomic E-state index is 4.89. The van der Waals surface area contributed by atoms with Crippen molar-refractivity contribution in [3.8, 4) is 5.69 Å². The van der Waals surface area contributed by atoms with Crippen molar-refractivity contribution in [3.63, 3.8) is 0 Å². The molecular formula is C15H17N5O. The molecule has 2 aromatic heterocycles. The number of hydrogen-bond donors (Lipinski definition) is 0. The number of rotatable bonds is 5. The first-order chi connectivity index (χ1) is 10.2. The summed E-state index contributed by atoms with van der Waals surface area (Å²) in [5.74, 6) is 0. The van der Waals surface area contributed by atoms with Crippen LogP contribution in [0.2, 0.25) is 0 Å². The zero-order valence-corrected chi connectivity index (χ0v) is 12.0. The fourth-order valence-corrected chi connectivity index (χ4v) is 2.13. The van der Waals surface area contributed by atoms with Crippen molar-refractivity contribution < 1.29 is 4.52 Å². The van der Waals surface area contributed by atoms with Gasteiger partial charge in [0.1, 0.15) is 12.0 Å². The van der Waals surface area contributed by atoms with E-state index in [1.807, 2.05) is 49.6 Å². The SMILES string of the molecule is C[C@@H](c1ccon1)N(C)Cc1cn(-c2ccccc2)nn1. The second kappa shape index (κ2) is 5.88. The lowest BCUT2D eigenvalue weighted by Crippen LogP contribution is -2.22. The summed E-state index contributed by atoms with van der Waals surface area (Å²) in [5, 5.41) is 12.4. The normalized spacial score (nSPS) is 12.7. The molecule has 21 heavy (non-hydrogen) atoms. The summed E-state index contributed by atoms with van der Waals surface area (Å²) in [5.41, 5.74) is 2.83. The minimum atomic E-state index is 0.158. The molecular weight excluding hydrogens is 266 g/mol. The third kappa shape index (κ3) is 3.00. The van der Waals surface area contributed by atoms with Gasteiger partial charge in [0.15, 0.2) is 0 Å². The minimum Gasteiger partial charge on any atom is -0.364 e. The second-order valence-electron chi connectivity index (χ2n) is 5.01. The van der Waals surface area contributed by atoms with E-state index < -0.39 is 0 Å². The van der Waals surface area contributed by atoms with E-state index in [4.69, 9.17) is 4.52 Å². The molecule has 0 amide bonds. The molecule has 0 radical (unpaired) electrons. The Morgan fingerprint density at radius 3 is 2.76 bits per heavy atom. The maximum absolute atomic E-state index is 4.89. The van der Waals surface area contributed by atoms with E-state index in [2.05, 4.69) is 27.3 Å². The second-order valence-corrected chi connectivity index (χ2v) is 5.01. The lowest BCUT2D eigenvalue weighted by molar-refractivity contribution is 0.238. The Kier molecular flexibility index (Phi) is 3.79. The van der Waals surface area contributed by atoms with Crippen molar-refractivity contribution in [1.82, 2.24) is 25.1 Å². The first-order valence-electron chi connectivity index (χ1n) is 6.81. The van der Waals surface area contributed by atoms with Crippen LogP contribution in [0.25, 0.3) is 5.69 Å². The summed E-state index contributed by atoms with van der Waals surface area (Å²) in [6.45, 7) is 2.78. The third-order valence-electron chi connectivity index (χ3n) is 3.52. The molecule has 1 aromatic carbocycles. The lowest BCUT2D eigenvalue weighted by Gasteiger charge is -2.21. The molecule has 0 saturated carbocycles. The fourth-order valence-electron chi connectivity index (χ4n) is 2.13. The standard InChI is InChI=1S/C15H17N5O/c1-12(15-8-9-21-17-15)19(2)10-13-11-20(18-16-13)14-6-4-3-5-7-14/h3-9,11-12H,10H2,1-2H3/t12-/m0/s1. The Bertz CT molecular complexity index is 677. The van der Waals surface area contributed by atoms with Crippen LogP contribution in [-0.2, 0) is 6.54 Å². The van der Waals surface area contributed by atoms with Crippen molar-refractivity contribution >= 4 is 0 Å². The van der Waals surface area contributed by atoms with Gasteiger partial charge in [-0.05, 0) is 26.1 Å². The predicted molar refractivity (Wildman–Crippen MR) is 77.7 cm³/mol. The van der Waals surface area contributed by atoms with Gasteiger partial charge < -0.3 is 4.52 Å². The van der Waals surface area contributed by atoms with E-state index >= 15 is 0 Å². The smallest absolute Gasteiger partial charge is 0.124 e. The monoisotopic (exact) mass is 283 g/mol. The van der Waals surface area contributed by atoms with Crippen molar-refractivity contribution in [2.24, 2.45) is 0 Å². The molecule has 0 fully saturated rings. The summed E-state index contributed by atoms with van der Waals surface area (Å²) < 4.78 is 6.67. The molecule has 0 spiro atoms. The van der Waals surface area contributed by atoms with Gasteiger partial charge in [0.05, 0.1) is 23.6 Å². The Hall–Kier alpha value is -2.47. The Balaban J connectivity index is 1.70. The number of benzene rings is 1. The third-order valence-corrected chi connectivity index (χ3v) is 3.52. The van der Waals surface area contributed by atoms with E-state index in [0.717, 1.165) is 17.1 Å². The van der Waals surface area contributed by atoms with Crippen LogP contribution in [0.5, 0.6) is 0 Å². The summed E-state index contributed by atoms with van der Waals surface area (Å²) in [6.07, 6.45) is 3.53. The first-order valence-corrected chi connectivity index (χ1v) is 6.81. The number of aromatic nitrogens is 4. The highest BCUT2D eigenvalue weighted by Gasteiger charge is 2.16. The first kappa shape index (κ1) is 13.5. The van der Waals surface area contributed by atoms with Crippen LogP contribution < -0.4 is 0 Å². The largest absolute Gasteiger partial charge is 0.364 e. The summed E-state index contributed by atoms with van der Waals surface area (Å²) >= 11 is 0. The minimum absolute atomic E-state index is 0.158.